The van der Waals surface area contributed by atoms with Crippen LogP contribution in [0.1, 0.15) is 24.7 Å². The molecule has 2 aliphatic heterocycles. The van der Waals surface area contributed by atoms with Crippen LogP contribution in [0.15, 0.2) is 55.4 Å². The van der Waals surface area contributed by atoms with Gasteiger partial charge < -0.3 is 4.90 Å². The summed E-state index contributed by atoms with van der Waals surface area (Å²) in [7, 11) is 0. The van der Waals surface area contributed by atoms with Gasteiger partial charge in [0, 0.05) is 23.7 Å². The predicted molar refractivity (Wildman–Crippen MR) is 112 cm³/mol. The first kappa shape index (κ1) is 16.6. The minimum Gasteiger partial charge on any atom is -0.344 e. The summed E-state index contributed by atoms with van der Waals surface area (Å²) in [6.45, 7) is 0.931. The van der Waals surface area contributed by atoms with Crippen molar-refractivity contribution in [2.24, 2.45) is 0 Å². The van der Waals surface area contributed by atoms with Gasteiger partial charge in [-0.1, -0.05) is 18.2 Å². The van der Waals surface area contributed by atoms with Crippen LogP contribution in [0.4, 0.5) is 5.82 Å². The van der Waals surface area contributed by atoms with E-state index in [0.29, 0.717) is 11.8 Å². The van der Waals surface area contributed by atoms with E-state index in [1.54, 1.807) is 17.2 Å². The number of benzene rings is 1. The lowest BCUT2D eigenvalue weighted by atomic mass is 10.1. The average molecular weight is 408 g/mol. The Morgan fingerprint density at radius 2 is 2.03 bits per heavy atom. The first-order valence-electron chi connectivity index (χ1n) is 10.2. The SMILES string of the molecule is c1cc(-c2ncnn2-c2ncc3c(n2)N2CCCC2c2nncn2-3)c2cccnc2c1. The minimum atomic E-state index is 0.192. The van der Waals surface area contributed by atoms with Gasteiger partial charge in [-0.3, -0.25) is 9.55 Å². The van der Waals surface area contributed by atoms with E-state index in [4.69, 9.17) is 4.98 Å². The third-order valence-electron chi connectivity index (χ3n) is 6.02. The van der Waals surface area contributed by atoms with E-state index >= 15 is 0 Å². The summed E-state index contributed by atoms with van der Waals surface area (Å²) in [4.78, 5) is 20.8. The number of hydrogen-bond acceptors (Lipinski definition) is 8. The highest BCUT2D eigenvalue weighted by molar-refractivity contribution is 5.92. The van der Waals surface area contributed by atoms with Crippen LogP contribution in [-0.2, 0) is 0 Å². The van der Waals surface area contributed by atoms with Crippen LogP contribution in [0.25, 0.3) is 33.9 Å². The zero-order chi connectivity index (χ0) is 20.4. The van der Waals surface area contributed by atoms with Crippen LogP contribution < -0.4 is 4.90 Å². The third kappa shape index (κ3) is 2.29. The molecule has 1 aromatic carbocycles. The second-order valence-electron chi connectivity index (χ2n) is 7.66. The molecule has 0 aliphatic carbocycles. The molecule has 1 fully saturated rings. The van der Waals surface area contributed by atoms with Crippen LogP contribution >= 0.6 is 0 Å². The molecular weight excluding hydrogens is 392 g/mol. The van der Waals surface area contributed by atoms with Gasteiger partial charge in [-0.15, -0.1) is 10.2 Å². The van der Waals surface area contributed by atoms with Gasteiger partial charge in [0.2, 0.25) is 0 Å². The maximum atomic E-state index is 4.93. The summed E-state index contributed by atoms with van der Waals surface area (Å²) in [6, 6.07) is 10.1. The van der Waals surface area contributed by atoms with Gasteiger partial charge in [0.15, 0.2) is 17.5 Å². The molecule has 6 heterocycles. The Kier molecular flexibility index (Phi) is 3.28. The maximum absolute atomic E-state index is 4.93. The summed E-state index contributed by atoms with van der Waals surface area (Å²) in [6.07, 6.45) is 8.99. The van der Waals surface area contributed by atoms with Crippen molar-refractivity contribution in [3.8, 4) is 23.0 Å². The predicted octanol–water partition coefficient (Wildman–Crippen LogP) is 2.51. The highest BCUT2D eigenvalue weighted by Gasteiger charge is 2.37. The minimum absolute atomic E-state index is 0.192. The second kappa shape index (κ2) is 6.14. The number of rotatable bonds is 2. The Morgan fingerprint density at radius 3 is 3.03 bits per heavy atom. The lowest BCUT2D eigenvalue weighted by molar-refractivity contribution is 0.617. The molecule has 4 aromatic heterocycles. The highest BCUT2D eigenvalue weighted by atomic mass is 15.4. The van der Waals surface area contributed by atoms with Crippen molar-refractivity contribution in [2.45, 2.75) is 18.9 Å². The van der Waals surface area contributed by atoms with E-state index < -0.39 is 0 Å². The molecule has 5 aromatic rings. The van der Waals surface area contributed by atoms with Crippen LogP contribution in [-0.4, -0.2) is 51.0 Å². The Labute approximate surface area is 176 Å². The van der Waals surface area contributed by atoms with E-state index in [0.717, 1.165) is 53.2 Å². The molecule has 31 heavy (non-hydrogen) atoms. The van der Waals surface area contributed by atoms with E-state index in [1.807, 2.05) is 41.1 Å². The molecule has 0 saturated carbocycles. The number of aromatic nitrogens is 9. The maximum Gasteiger partial charge on any atom is 0.254 e. The normalized spacial score (nSPS) is 16.9. The van der Waals surface area contributed by atoms with E-state index in [2.05, 4.69) is 35.1 Å². The fourth-order valence-electron chi connectivity index (χ4n) is 4.66. The molecule has 0 amide bonds. The Morgan fingerprint density at radius 1 is 1.03 bits per heavy atom. The third-order valence-corrected chi connectivity index (χ3v) is 6.02. The van der Waals surface area contributed by atoms with Gasteiger partial charge in [0.1, 0.15) is 18.3 Å². The molecule has 1 unspecified atom stereocenters. The topological polar surface area (TPSA) is 103 Å². The molecule has 0 bridgehead atoms. The number of nitrogens with zero attached hydrogens (tertiary/aromatic N) is 10. The number of hydrogen-bond donors (Lipinski definition) is 0. The molecule has 0 N–H and O–H groups in total. The van der Waals surface area contributed by atoms with E-state index in [9.17, 15) is 0 Å². The second-order valence-corrected chi connectivity index (χ2v) is 7.66. The fraction of sp³-hybridized carbons (Fsp3) is 0.190. The largest absolute Gasteiger partial charge is 0.344 e. The fourth-order valence-corrected chi connectivity index (χ4v) is 4.66. The first-order valence-corrected chi connectivity index (χ1v) is 10.2. The van der Waals surface area contributed by atoms with Gasteiger partial charge in [0.05, 0.1) is 17.8 Å². The van der Waals surface area contributed by atoms with Crippen LogP contribution in [0.2, 0.25) is 0 Å². The summed E-state index contributed by atoms with van der Waals surface area (Å²) in [5.41, 5.74) is 2.73. The van der Waals surface area contributed by atoms with Crippen molar-refractivity contribution in [3.05, 3.63) is 61.2 Å². The van der Waals surface area contributed by atoms with Crippen molar-refractivity contribution in [1.29, 1.82) is 0 Å². The van der Waals surface area contributed by atoms with Crippen molar-refractivity contribution in [2.75, 3.05) is 11.4 Å². The lowest BCUT2D eigenvalue weighted by Crippen LogP contribution is -2.31. The van der Waals surface area contributed by atoms with Crippen molar-refractivity contribution in [1.82, 2.24) is 44.5 Å². The van der Waals surface area contributed by atoms with E-state index in [-0.39, 0.29) is 6.04 Å². The molecular formula is C21H16N10. The van der Waals surface area contributed by atoms with Gasteiger partial charge in [0.25, 0.3) is 5.95 Å². The number of anilines is 1. The van der Waals surface area contributed by atoms with Gasteiger partial charge >= 0.3 is 0 Å². The Bertz CT molecular complexity index is 1450. The van der Waals surface area contributed by atoms with Crippen LogP contribution in [0, 0.1) is 0 Å². The van der Waals surface area contributed by atoms with Crippen LogP contribution in [0.5, 0.6) is 0 Å². The van der Waals surface area contributed by atoms with Crippen molar-refractivity contribution in [3.63, 3.8) is 0 Å². The molecule has 1 atom stereocenters. The van der Waals surface area contributed by atoms with Crippen molar-refractivity contribution >= 4 is 16.7 Å². The molecule has 0 spiro atoms. The molecule has 10 heteroatoms. The van der Waals surface area contributed by atoms with Gasteiger partial charge in [-0.2, -0.15) is 14.8 Å². The van der Waals surface area contributed by atoms with Gasteiger partial charge in [-0.25, -0.2) is 9.97 Å². The zero-order valence-corrected chi connectivity index (χ0v) is 16.4. The number of pyridine rings is 1. The molecule has 1 saturated heterocycles. The monoisotopic (exact) mass is 408 g/mol. The quantitative estimate of drug-likeness (QED) is 0.439. The molecule has 10 nitrogen and oxygen atoms in total. The Balaban J connectivity index is 1.41. The number of fused-ring (bicyclic) bond motifs is 7. The summed E-state index contributed by atoms with van der Waals surface area (Å²) in [5.74, 6) is 2.98. The van der Waals surface area contributed by atoms with Crippen molar-refractivity contribution < 1.29 is 0 Å². The van der Waals surface area contributed by atoms with Gasteiger partial charge in [-0.05, 0) is 25.0 Å². The summed E-state index contributed by atoms with van der Waals surface area (Å²) >= 11 is 0. The molecule has 150 valence electrons. The summed E-state index contributed by atoms with van der Waals surface area (Å²) in [5, 5.41) is 13.9. The first-order chi connectivity index (χ1) is 15.4. The molecule has 0 radical (unpaired) electrons. The van der Waals surface area contributed by atoms with Crippen LogP contribution in [0.3, 0.4) is 0 Å². The summed E-state index contributed by atoms with van der Waals surface area (Å²) < 4.78 is 3.68. The molecule has 2 aliphatic rings. The smallest absolute Gasteiger partial charge is 0.254 e. The Hall–Kier alpha value is -4.21. The average Bonchev–Trinajstić information content (AvgIpc) is 3.58. The lowest BCUT2D eigenvalue weighted by Gasteiger charge is -2.31. The van der Waals surface area contributed by atoms with E-state index in [1.165, 1.54) is 6.33 Å². The molecule has 7 rings (SSSR count). The highest BCUT2D eigenvalue weighted by Crippen LogP contribution is 2.42. The zero-order valence-electron chi connectivity index (χ0n) is 16.4. The standard InChI is InChI=1S/C21H16N10/c1-4-14(13-5-2-8-22-15(13)6-1)18-24-11-26-31(18)21-23-10-17-19(27-21)29-9-3-7-16(29)20-28-25-12-30(17)20/h1-2,4-6,8,10-12,16H,3,7,9H2.